The van der Waals surface area contributed by atoms with Gasteiger partial charge in [-0.2, -0.15) is 0 Å². The number of phenolic OH excluding ortho intramolecular Hbond substituents is 1. The standard InChI is InChI=1S/C38H48N8O3/c1-24-33-29-17-31(28-7-5-6-8-32(28)47)42-43-34(29)41-30(33)12-16-46(24)35-39-20-27(21-40-35)26-10-14-44(15-11-26)13-9-25-18-38(19-25)22-45(23-38)36(48)49-37(2,3)4/h5-8,17,20-21,24-26,47H,9-16,18-19,22-23H2,1-4H3,(H,41,43). The number of ether oxygens (including phenoxy) is 1. The molecule has 3 aliphatic heterocycles. The number of fused-ring (bicyclic) bond motifs is 3. The second kappa shape index (κ2) is 12.3. The molecule has 1 amide bonds. The van der Waals surface area contributed by atoms with E-state index in [4.69, 9.17) is 14.7 Å². The third-order valence-corrected chi connectivity index (χ3v) is 11.3. The molecule has 4 aromatic rings. The van der Waals surface area contributed by atoms with Crippen molar-refractivity contribution in [2.75, 3.05) is 44.2 Å². The Morgan fingerprint density at radius 1 is 1.06 bits per heavy atom. The highest BCUT2D eigenvalue weighted by Crippen LogP contribution is 2.53. The van der Waals surface area contributed by atoms with Crippen LogP contribution in [0.15, 0.2) is 42.7 Å². The van der Waals surface area contributed by atoms with Crippen LogP contribution in [0.1, 0.15) is 88.6 Å². The zero-order valence-corrected chi connectivity index (χ0v) is 29.2. The van der Waals surface area contributed by atoms with Gasteiger partial charge in [0.1, 0.15) is 11.4 Å². The summed E-state index contributed by atoms with van der Waals surface area (Å²) in [6.07, 6.45) is 10.8. The van der Waals surface area contributed by atoms with E-state index in [-0.39, 0.29) is 17.9 Å². The molecule has 11 nitrogen and oxygen atoms in total. The number of rotatable bonds is 6. The number of para-hydroxylation sites is 1. The number of aromatic nitrogens is 5. The lowest BCUT2D eigenvalue weighted by Gasteiger charge is -2.59. The molecule has 6 heterocycles. The second-order valence-electron chi connectivity index (χ2n) is 16.0. The number of nitrogens with zero attached hydrogens (tertiary/aromatic N) is 7. The van der Waals surface area contributed by atoms with Gasteiger partial charge >= 0.3 is 6.09 Å². The van der Waals surface area contributed by atoms with Crippen LogP contribution in [-0.2, 0) is 11.2 Å². The first kappa shape index (κ1) is 32.0. The molecule has 1 atom stereocenters. The molecule has 0 bridgehead atoms. The van der Waals surface area contributed by atoms with E-state index in [1.807, 2.05) is 49.9 Å². The summed E-state index contributed by atoms with van der Waals surface area (Å²) in [4.78, 5) is 32.4. The van der Waals surface area contributed by atoms with Crippen LogP contribution in [0.4, 0.5) is 10.7 Å². The normalized spacial score (nSPS) is 21.4. The Morgan fingerprint density at radius 3 is 2.51 bits per heavy atom. The fraction of sp³-hybridized carbons (Fsp3) is 0.553. The van der Waals surface area contributed by atoms with Crippen molar-refractivity contribution in [2.45, 2.75) is 83.8 Å². The largest absolute Gasteiger partial charge is 0.507 e. The predicted molar refractivity (Wildman–Crippen MR) is 188 cm³/mol. The van der Waals surface area contributed by atoms with E-state index in [1.54, 1.807) is 6.07 Å². The average molecular weight is 665 g/mol. The molecule has 1 unspecified atom stereocenters. The first-order valence-corrected chi connectivity index (χ1v) is 18.0. The lowest BCUT2D eigenvalue weighted by Crippen LogP contribution is -2.64. The highest BCUT2D eigenvalue weighted by molar-refractivity contribution is 5.86. The zero-order valence-electron chi connectivity index (χ0n) is 29.2. The molecular weight excluding hydrogens is 616 g/mol. The third kappa shape index (κ3) is 6.22. The van der Waals surface area contributed by atoms with Crippen molar-refractivity contribution in [3.8, 4) is 17.0 Å². The van der Waals surface area contributed by atoms with Crippen molar-refractivity contribution in [2.24, 2.45) is 11.3 Å². The minimum absolute atomic E-state index is 0.0618. The fourth-order valence-corrected chi connectivity index (χ4v) is 8.81. The number of aromatic amines is 1. The van der Waals surface area contributed by atoms with E-state index in [2.05, 4.69) is 44.3 Å². The quantitative estimate of drug-likeness (QED) is 0.239. The van der Waals surface area contributed by atoms with Gasteiger partial charge < -0.3 is 29.5 Å². The Morgan fingerprint density at radius 2 is 1.80 bits per heavy atom. The molecule has 49 heavy (non-hydrogen) atoms. The van der Waals surface area contributed by atoms with Gasteiger partial charge in [0.05, 0.1) is 11.7 Å². The summed E-state index contributed by atoms with van der Waals surface area (Å²) >= 11 is 0. The van der Waals surface area contributed by atoms with E-state index >= 15 is 0 Å². The predicted octanol–water partition coefficient (Wildman–Crippen LogP) is 6.46. The van der Waals surface area contributed by atoms with Crippen LogP contribution in [0, 0.1) is 11.3 Å². The number of anilines is 1. The average Bonchev–Trinajstić information content (AvgIpc) is 3.42. The summed E-state index contributed by atoms with van der Waals surface area (Å²) in [5, 5.41) is 20.3. The first-order chi connectivity index (χ1) is 23.5. The van der Waals surface area contributed by atoms with E-state index < -0.39 is 5.60 Å². The number of aromatic hydroxyl groups is 1. The number of phenols is 1. The Bertz CT molecular complexity index is 1830. The number of nitrogens with one attached hydrogen (secondary N) is 1. The van der Waals surface area contributed by atoms with Gasteiger partial charge in [-0.1, -0.05) is 12.1 Å². The molecule has 1 saturated carbocycles. The molecule has 4 aliphatic rings. The van der Waals surface area contributed by atoms with E-state index in [0.717, 1.165) is 74.9 Å². The summed E-state index contributed by atoms with van der Waals surface area (Å²) in [6, 6.07) is 9.33. The molecule has 8 rings (SSSR count). The van der Waals surface area contributed by atoms with Crippen LogP contribution in [0.3, 0.4) is 0 Å². The van der Waals surface area contributed by atoms with Gasteiger partial charge in [-0.25, -0.2) is 14.8 Å². The van der Waals surface area contributed by atoms with Gasteiger partial charge in [-0.3, -0.25) is 0 Å². The molecular formula is C38H48N8O3. The molecule has 0 radical (unpaired) electrons. The molecule has 3 fully saturated rings. The van der Waals surface area contributed by atoms with Crippen molar-refractivity contribution in [1.29, 1.82) is 0 Å². The van der Waals surface area contributed by atoms with E-state index in [1.165, 1.54) is 42.6 Å². The maximum absolute atomic E-state index is 12.3. The van der Waals surface area contributed by atoms with E-state index in [0.29, 0.717) is 22.6 Å². The van der Waals surface area contributed by atoms with Gasteiger partial charge in [0, 0.05) is 66.1 Å². The number of benzene rings is 1. The summed E-state index contributed by atoms with van der Waals surface area (Å²) in [7, 11) is 0. The van der Waals surface area contributed by atoms with Crippen molar-refractivity contribution in [3.63, 3.8) is 0 Å². The van der Waals surface area contributed by atoms with Gasteiger partial charge in [-0.05, 0) is 115 Å². The van der Waals surface area contributed by atoms with E-state index in [9.17, 15) is 9.90 Å². The van der Waals surface area contributed by atoms with Crippen molar-refractivity contribution >= 4 is 23.1 Å². The number of carbonyl (C=O) groups is 1. The molecule has 2 N–H and O–H groups in total. The maximum Gasteiger partial charge on any atom is 0.410 e. The summed E-state index contributed by atoms with van der Waals surface area (Å²) in [5.74, 6) is 2.23. The molecule has 3 aromatic heterocycles. The number of H-pyrrole nitrogens is 1. The highest BCUT2D eigenvalue weighted by Gasteiger charge is 2.54. The van der Waals surface area contributed by atoms with Crippen LogP contribution >= 0.6 is 0 Å². The summed E-state index contributed by atoms with van der Waals surface area (Å²) < 4.78 is 5.53. The van der Waals surface area contributed by atoms with Crippen LogP contribution in [0.2, 0.25) is 0 Å². The molecule has 1 spiro atoms. The van der Waals surface area contributed by atoms with Crippen LogP contribution < -0.4 is 4.90 Å². The van der Waals surface area contributed by atoms with Crippen molar-refractivity contribution < 1.29 is 14.6 Å². The smallest absolute Gasteiger partial charge is 0.410 e. The summed E-state index contributed by atoms with van der Waals surface area (Å²) in [6.45, 7) is 13.9. The zero-order chi connectivity index (χ0) is 33.9. The topological polar surface area (TPSA) is 124 Å². The lowest BCUT2D eigenvalue weighted by molar-refractivity contribution is -0.0977. The number of likely N-dealkylation sites (tertiary alicyclic amines) is 2. The number of hydrogen-bond acceptors (Lipinski definition) is 9. The Kier molecular flexibility index (Phi) is 8.00. The molecule has 1 aromatic carbocycles. The first-order valence-electron chi connectivity index (χ1n) is 18.0. The van der Waals surface area contributed by atoms with Gasteiger partial charge in [-0.15, -0.1) is 10.2 Å². The molecule has 1 aliphatic carbocycles. The molecule has 258 valence electrons. The minimum atomic E-state index is -0.430. The lowest BCUT2D eigenvalue weighted by atomic mass is 9.57. The third-order valence-electron chi connectivity index (χ3n) is 11.3. The Hall–Kier alpha value is -4.25. The van der Waals surface area contributed by atoms with Gasteiger partial charge in [0.2, 0.25) is 5.95 Å². The highest BCUT2D eigenvalue weighted by atomic mass is 16.6. The maximum atomic E-state index is 12.3. The number of amides is 1. The Labute approximate surface area is 288 Å². The van der Waals surface area contributed by atoms with Crippen LogP contribution in [-0.4, -0.2) is 91.0 Å². The van der Waals surface area contributed by atoms with Gasteiger partial charge in [0.25, 0.3) is 0 Å². The Balaban J connectivity index is 0.830. The monoisotopic (exact) mass is 664 g/mol. The summed E-state index contributed by atoms with van der Waals surface area (Å²) in [5.41, 5.74) is 5.63. The van der Waals surface area contributed by atoms with Crippen molar-refractivity contribution in [1.82, 2.24) is 34.9 Å². The minimum Gasteiger partial charge on any atom is -0.507 e. The number of piperidine rings is 1. The number of hydrogen-bond donors (Lipinski definition) is 2. The number of carbonyl (C=O) groups excluding carboxylic acids is 1. The fourth-order valence-electron chi connectivity index (χ4n) is 8.81. The van der Waals surface area contributed by atoms with Gasteiger partial charge in [0.15, 0.2) is 5.65 Å². The molecule has 11 heteroatoms. The molecule has 2 saturated heterocycles. The second-order valence-corrected chi connectivity index (χ2v) is 16.0. The van der Waals surface area contributed by atoms with Crippen molar-refractivity contribution in [3.05, 3.63) is 59.5 Å². The SMILES string of the molecule is CC1c2c([nH]c3nnc(-c4ccccc4O)cc23)CCN1c1ncc(C2CCN(CCC3CC4(C3)CN(C(=O)OC(C)(C)C)C4)CC2)cn1. The van der Waals surface area contributed by atoms with Crippen LogP contribution in [0.5, 0.6) is 5.75 Å². The van der Waals surface area contributed by atoms with Crippen LogP contribution in [0.25, 0.3) is 22.3 Å².